The van der Waals surface area contributed by atoms with Gasteiger partial charge < -0.3 is 29.2 Å². The number of fused-ring (bicyclic) bond motifs is 3. The van der Waals surface area contributed by atoms with Crippen molar-refractivity contribution in [3.63, 3.8) is 0 Å². The second kappa shape index (κ2) is 5.66. The average Bonchev–Trinajstić information content (AvgIpc) is 3.05. The molecule has 7 rings (SSSR count). The molecule has 164 valence electrons. The van der Waals surface area contributed by atoms with Crippen molar-refractivity contribution in [3.8, 4) is 5.75 Å². The van der Waals surface area contributed by atoms with Crippen LogP contribution in [-0.4, -0.2) is 62.7 Å². The number of benzene rings is 1. The van der Waals surface area contributed by atoms with Crippen molar-refractivity contribution in [1.82, 2.24) is 0 Å². The molecular formula is C22H28O7S. The Morgan fingerprint density at radius 3 is 2.63 bits per heavy atom. The highest BCUT2D eigenvalue weighted by atomic mass is 32.2. The van der Waals surface area contributed by atoms with Crippen LogP contribution in [0.3, 0.4) is 0 Å². The summed E-state index contributed by atoms with van der Waals surface area (Å²) in [6.07, 6.45) is 1.56. The predicted molar refractivity (Wildman–Crippen MR) is 107 cm³/mol. The highest BCUT2D eigenvalue weighted by Crippen LogP contribution is 2.76. The van der Waals surface area contributed by atoms with Crippen molar-refractivity contribution in [2.45, 2.75) is 66.2 Å². The van der Waals surface area contributed by atoms with Crippen LogP contribution in [-0.2, 0) is 25.0 Å². The van der Waals surface area contributed by atoms with Gasteiger partial charge in [-0.15, -0.1) is 0 Å². The number of hydrogen-bond acceptors (Lipinski definition) is 7. The molecule has 0 amide bonds. The Labute approximate surface area is 178 Å². The number of ether oxygens (including phenoxy) is 4. The SMILES string of the molecule is COc1cccc2c1C1OC34CC(S(C)=O)C1(O)C1C2OC(OC)(CC(C)(O)C3)C14. The molecule has 6 aliphatic rings. The van der Waals surface area contributed by atoms with E-state index in [1.165, 1.54) is 0 Å². The summed E-state index contributed by atoms with van der Waals surface area (Å²) in [6.45, 7) is 1.78. The third kappa shape index (κ3) is 2.02. The van der Waals surface area contributed by atoms with E-state index in [4.69, 9.17) is 18.9 Å². The molecule has 2 N–H and O–H groups in total. The summed E-state index contributed by atoms with van der Waals surface area (Å²) < 4.78 is 38.0. The molecular weight excluding hydrogens is 408 g/mol. The van der Waals surface area contributed by atoms with E-state index in [-0.39, 0.29) is 11.8 Å². The molecule has 0 aromatic heterocycles. The minimum atomic E-state index is -1.37. The van der Waals surface area contributed by atoms with Gasteiger partial charge in [0.1, 0.15) is 17.5 Å². The summed E-state index contributed by atoms with van der Waals surface area (Å²) in [7, 11) is 1.90. The zero-order valence-electron chi connectivity index (χ0n) is 17.6. The molecule has 1 aromatic rings. The molecule has 30 heavy (non-hydrogen) atoms. The quantitative estimate of drug-likeness (QED) is 0.743. The maximum Gasteiger partial charge on any atom is 0.177 e. The van der Waals surface area contributed by atoms with Crippen molar-refractivity contribution in [1.29, 1.82) is 0 Å². The van der Waals surface area contributed by atoms with E-state index in [2.05, 4.69) is 0 Å². The summed E-state index contributed by atoms with van der Waals surface area (Å²) in [4.78, 5) is 0. The summed E-state index contributed by atoms with van der Waals surface area (Å²) in [5.74, 6) is -1.06. The fourth-order valence-corrected chi connectivity index (χ4v) is 9.05. The molecule has 10 unspecified atom stereocenters. The molecule has 2 saturated carbocycles. The standard InChI is InChI=1S/C22H28O7S/c1-19(23)9-20-8-13(30(4)25)22(24)15-16(28-21(10-19,27-3)17(15)20)11-6-5-7-12(26-2)14(11)18(22)29-20/h5-7,13,15-18,23-24H,8-10H2,1-4H3. The van der Waals surface area contributed by atoms with Gasteiger partial charge in [-0.2, -0.15) is 0 Å². The summed E-state index contributed by atoms with van der Waals surface area (Å²) in [5.41, 5.74) is -1.59. The van der Waals surface area contributed by atoms with Crippen LogP contribution in [0, 0.1) is 11.8 Å². The van der Waals surface area contributed by atoms with E-state index < -0.39 is 50.8 Å². The lowest BCUT2D eigenvalue weighted by Gasteiger charge is -2.69. The predicted octanol–water partition coefficient (Wildman–Crippen LogP) is 1.59. The second-order valence-electron chi connectivity index (χ2n) is 10.0. The molecule has 7 nitrogen and oxygen atoms in total. The molecule has 10 atom stereocenters. The Kier molecular flexibility index (Phi) is 3.70. The molecule has 1 spiro atoms. The van der Waals surface area contributed by atoms with E-state index in [1.54, 1.807) is 27.4 Å². The molecule has 4 bridgehead atoms. The highest BCUT2D eigenvalue weighted by Gasteiger charge is 2.83. The van der Waals surface area contributed by atoms with Gasteiger partial charge in [-0.3, -0.25) is 4.21 Å². The van der Waals surface area contributed by atoms with Crippen LogP contribution in [0.5, 0.6) is 5.75 Å². The van der Waals surface area contributed by atoms with Crippen LogP contribution in [0.25, 0.3) is 0 Å². The fraction of sp³-hybridized carbons (Fsp3) is 0.727. The summed E-state index contributed by atoms with van der Waals surface area (Å²) in [5, 5.41) is 23.0. The first-order valence-electron chi connectivity index (χ1n) is 10.5. The maximum atomic E-state index is 12.9. The minimum Gasteiger partial charge on any atom is -0.496 e. The Balaban J connectivity index is 1.69. The Morgan fingerprint density at radius 1 is 1.20 bits per heavy atom. The lowest BCUT2D eigenvalue weighted by atomic mass is 9.47. The molecule has 3 aliphatic carbocycles. The monoisotopic (exact) mass is 436 g/mol. The minimum absolute atomic E-state index is 0.263. The topological polar surface area (TPSA) is 94.5 Å². The van der Waals surface area contributed by atoms with Crippen LogP contribution in [0.2, 0.25) is 0 Å². The molecule has 3 aliphatic heterocycles. The number of hydrogen-bond donors (Lipinski definition) is 2. The van der Waals surface area contributed by atoms with E-state index >= 15 is 0 Å². The van der Waals surface area contributed by atoms with Gasteiger partial charge in [0.05, 0.1) is 35.6 Å². The Bertz CT molecular complexity index is 965. The van der Waals surface area contributed by atoms with E-state index in [0.717, 1.165) is 11.1 Å². The maximum absolute atomic E-state index is 12.9. The van der Waals surface area contributed by atoms with Gasteiger partial charge in [0.25, 0.3) is 0 Å². The van der Waals surface area contributed by atoms with Crippen molar-refractivity contribution >= 4 is 10.8 Å². The van der Waals surface area contributed by atoms with Gasteiger partial charge in [-0.1, -0.05) is 12.1 Å². The Hall–Kier alpha value is -1.03. The first kappa shape index (κ1) is 19.6. The number of rotatable bonds is 3. The van der Waals surface area contributed by atoms with Crippen LogP contribution in [0.1, 0.15) is 49.5 Å². The lowest BCUT2D eigenvalue weighted by molar-refractivity contribution is -0.373. The number of aliphatic hydroxyl groups is 2. The summed E-state index contributed by atoms with van der Waals surface area (Å²) in [6, 6.07) is 5.74. The largest absolute Gasteiger partial charge is 0.496 e. The van der Waals surface area contributed by atoms with Crippen LogP contribution in [0.4, 0.5) is 0 Å². The highest BCUT2D eigenvalue weighted by molar-refractivity contribution is 7.85. The first-order valence-corrected chi connectivity index (χ1v) is 12.1. The molecule has 1 aromatic carbocycles. The molecule has 8 heteroatoms. The third-order valence-corrected chi connectivity index (χ3v) is 9.69. The first-order chi connectivity index (χ1) is 14.1. The van der Waals surface area contributed by atoms with Gasteiger partial charge in [0.15, 0.2) is 5.79 Å². The van der Waals surface area contributed by atoms with Crippen molar-refractivity contribution < 1.29 is 33.4 Å². The van der Waals surface area contributed by atoms with E-state index in [1.807, 2.05) is 18.2 Å². The van der Waals surface area contributed by atoms with Crippen LogP contribution in [0.15, 0.2) is 18.2 Å². The zero-order valence-corrected chi connectivity index (χ0v) is 18.4. The van der Waals surface area contributed by atoms with Crippen molar-refractivity contribution in [2.24, 2.45) is 11.8 Å². The lowest BCUT2D eigenvalue weighted by Crippen LogP contribution is -2.79. The third-order valence-electron chi connectivity index (χ3n) is 8.35. The van der Waals surface area contributed by atoms with Crippen molar-refractivity contribution in [2.75, 3.05) is 20.5 Å². The fourth-order valence-electron chi connectivity index (χ4n) is 7.72. The molecule has 3 saturated heterocycles. The normalized spacial score (nSPS) is 53.3. The van der Waals surface area contributed by atoms with Crippen molar-refractivity contribution in [3.05, 3.63) is 29.3 Å². The second-order valence-corrected chi connectivity index (χ2v) is 11.6. The smallest absolute Gasteiger partial charge is 0.177 e. The molecule has 5 fully saturated rings. The number of methoxy groups -OCH3 is 2. The van der Waals surface area contributed by atoms with Gasteiger partial charge in [-0.05, 0) is 25.0 Å². The molecule has 0 radical (unpaired) electrons. The van der Waals surface area contributed by atoms with Gasteiger partial charge in [0.2, 0.25) is 0 Å². The molecule has 3 heterocycles. The van der Waals surface area contributed by atoms with E-state index in [0.29, 0.717) is 25.0 Å². The summed E-state index contributed by atoms with van der Waals surface area (Å²) >= 11 is 0. The Morgan fingerprint density at radius 2 is 1.97 bits per heavy atom. The van der Waals surface area contributed by atoms with E-state index in [9.17, 15) is 14.4 Å². The van der Waals surface area contributed by atoms with Gasteiger partial charge >= 0.3 is 0 Å². The van der Waals surface area contributed by atoms with Crippen LogP contribution >= 0.6 is 0 Å². The van der Waals surface area contributed by atoms with Gasteiger partial charge in [-0.25, -0.2) is 0 Å². The van der Waals surface area contributed by atoms with Crippen LogP contribution < -0.4 is 4.74 Å². The average molecular weight is 437 g/mol. The zero-order chi connectivity index (χ0) is 21.3. The van der Waals surface area contributed by atoms with Gasteiger partial charge in [0, 0.05) is 48.5 Å².